The van der Waals surface area contributed by atoms with Crippen LogP contribution in [0.15, 0.2) is 72.8 Å². The molecule has 0 atom stereocenters. The third kappa shape index (κ3) is 6.73. The number of imidazole rings is 1. The van der Waals surface area contributed by atoms with Crippen molar-refractivity contribution < 1.29 is 19.0 Å². The van der Waals surface area contributed by atoms with Crippen LogP contribution in [0, 0.1) is 0 Å². The van der Waals surface area contributed by atoms with E-state index in [0.717, 1.165) is 59.7 Å². The van der Waals surface area contributed by atoms with Gasteiger partial charge < -0.3 is 24.1 Å². The molecule has 3 aromatic carbocycles. The van der Waals surface area contributed by atoms with Crippen LogP contribution in [0.5, 0.6) is 17.2 Å². The first kappa shape index (κ1) is 26.8. The lowest BCUT2D eigenvalue weighted by atomic mass is 10.2. The number of nitrogens with one attached hydrogen (secondary N) is 1. The number of amides is 1. The lowest BCUT2D eigenvalue weighted by molar-refractivity contribution is 0.0952. The summed E-state index contributed by atoms with van der Waals surface area (Å²) in [6.07, 6.45) is 6.39. The molecule has 0 fully saturated rings. The SMILES string of the molecule is C/C=C/c1ccc(OCCCn2c(CCCNC(=O)c3cccc(OC)c3)nc3ccccc32)c(OC)c1. The van der Waals surface area contributed by atoms with Gasteiger partial charge in [-0.3, -0.25) is 4.79 Å². The number of aryl methyl sites for hydroxylation is 2. The summed E-state index contributed by atoms with van der Waals surface area (Å²) in [5.74, 6) is 3.03. The molecule has 1 amide bonds. The average molecular weight is 514 g/mol. The maximum atomic E-state index is 12.5. The number of rotatable bonds is 13. The van der Waals surface area contributed by atoms with Crippen molar-refractivity contribution in [2.24, 2.45) is 0 Å². The third-order valence-corrected chi connectivity index (χ3v) is 6.26. The summed E-state index contributed by atoms with van der Waals surface area (Å²) in [6.45, 7) is 3.89. The molecule has 1 N–H and O–H groups in total. The van der Waals surface area contributed by atoms with Crippen LogP contribution in [0.4, 0.5) is 0 Å². The van der Waals surface area contributed by atoms with E-state index in [1.54, 1.807) is 26.4 Å². The number of aromatic nitrogens is 2. The summed E-state index contributed by atoms with van der Waals surface area (Å²) in [4.78, 5) is 17.4. The zero-order valence-electron chi connectivity index (χ0n) is 22.3. The van der Waals surface area contributed by atoms with Crippen molar-refractivity contribution in [2.75, 3.05) is 27.4 Å². The second-order valence-corrected chi connectivity index (χ2v) is 8.87. The molecule has 0 saturated heterocycles. The second kappa shape index (κ2) is 13.3. The Labute approximate surface area is 224 Å². The maximum absolute atomic E-state index is 12.5. The van der Waals surface area contributed by atoms with Crippen LogP contribution in [0.25, 0.3) is 17.1 Å². The van der Waals surface area contributed by atoms with Crippen molar-refractivity contribution in [1.82, 2.24) is 14.9 Å². The Bertz CT molecular complexity index is 1390. The summed E-state index contributed by atoms with van der Waals surface area (Å²) >= 11 is 0. The van der Waals surface area contributed by atoms with Gasteiger partial charge >= 0.3 is 0 Å². The molecule has 38 heavy (non-hydrogen) atoms. The van der Waals surface area contributed by atoms with Crippen molar-refractivity contribution in [2.45, 2.75) is 32.7 Å². The number of fused-ring (bicyclic) bond motifs is 1. The quantitative estimate of drug-likeness (QED) is 0.225. The van der Waals surface area contributed by atoms with Crippen LogP contribution in [0.1, 0.15) is 41.5 Å². The summed E-state index contributed by atoms with van der Waals surface area (Å²) in [7, 11) is 3.25. The first-order valence-corrected chi connectivity index (χ1v) is 12.9. The Balaban J connectivity index is 1.34. The van der Waals surface area contributed by atoms with Crippen LogP contribution < -0.4 is 19.5 Å². The van der Waals surface area contributed by atoms with E-state index in [1.807, 2.05) is 67.6 Å². The van der Waals surface area contributed by atoms with Gasteiger partial charge in [-0.15, -0.1) is 0 Å². The van der Waals surface area contributed by atoms with Gasteiger partial charge in [0.15, 0.2) is 11.5 Å². The summed E-state index contributed by atoms with van der Waals surface area (Å²) in [5, 5.41) is 3.00. The molecule has 1 heterocycles. The summed E-state index contributed by atoms with van der Waals surface area (Å²) in [5.41, 5.74) is 3.75. The van der Waals surface area contributed by atoms with E-state index in [1.165, 1.54) is 0 Å². The average Bonchev–Trinajstić information content (AvgIpc) is 3.31. The molecule has 198 valence electrons. The Morgan fingerprint density at radius 1 is 0.974 bits per heavy atom. The molecule has 7 heteroatoms. The third-order valence-electron chi connectivity index (χ3n) is 6.26. The number of para-hydroxylation sites is 2. The minimum Gasteiger partial charge on any atom is -0.497 e. The van der Waals surface area contributed by atoms with Crippen LogP contribution >= 0.6 is 0 Å². The molecule has 0 aliphatic heterocycles. The van der Waals surface area contributed by atoms with Gasteiger partial charge in [-0.1, -0.05) is 36.4 Å². The molecule has 0 radical (unpaired) electrons. The number of hydrogen-bond donors (Lipinski definition) is 1. The molecule has 4 aromatic rings. The molecule has 4 rings (SSSR count). The Hall–Kier alpha value is -4.26. The van der Waals surface area contributed by atoms with E-state index < -0.39 is 0 Å². The van der Waals surface area contributed by atoms with Gasteiger partial charge in [0, 0.05) is 25.1 Å². The van der Waals surface area contributed by atoms with E-state index in [0.29, 0.717) is 24.5 Å². The number of carbonyl (C=O) groups is 1. The first-order valence-electron chi connectivity index (χ1n) is 12.9. The largest absolute Gasteiger partial charge is 0.497 e. The molecule has 0 unspecified atom stereocenters. The number of nitrogens with zero attached hydrogens (tertiary/aromatic N) is 2. The fourth-order valence-corrected chi connectivity index (χ4v) is 4.38. The number of allylic oxidation sites excluding steroid dienone is 1. The molecular formula is C31H35N3O4. The smallest absolute Gasteiger partial charge is 0.251 e. The number of benzene rings is 3. The minimum atomic E-state index is -0.108. The van der Waals surface area contributed by atoms with Gasteiger partial charge in [0.05, 0.1) is 31.9 Å². The number of ether oxygens (including phenoxy) is 3. The topological polar surface area (TPSA) is 74.6 Å². The highest BCUT2D eigenvalue weighted by Gasteiger charge is 2.12. The normalized spacial score (nSPS) is 11.1. The first-order chi connectivity index (χ1) is 18.6. The predicted octanol–water partition coefficient (Wildman–Crippen LogP) is 5.92. The molecule has 7 nitrogen and oxygen atoms in total. The lowest BCUT2D eigenvalue weighted by Gasteiger charge is -2.13. The molecule has 1 aromatic heterocycles. The minimum absolute atomic E-state index is 0.108. The molecule has 0 spiro atoms. The van der Waals surface area contributed by atoms with Crippen molar-refractivity contribution >= 4 is 23.0 Å². The zero-order chi connectivity index (χ0) is 26.7. The van der Waals surface area contributed by atoms with Crippen LogP contribution in [-0.2, 0) is 13.0 Å². The summed E-state index contributed by atoms with van der Waals surface area (Å²) in [6, 6.07) is 21.3. The van der Waals surface area contributed by atoms with Crippen LogP contribution in [0.3, 0.4) is 0 Å². The van der Waals surface area contributed by atoms with E-state index in [-0.39, 0.29) is 5.91 Å². The number of carbonyl (C=O) groups excluding carboxylic acids is 1. The monoisotopic (exact) mass is 513 g/mol. The molecule has 0 bridgehead atoms. The molecular weight excluding hydrogens is 478 g/mol. The highest BCUT2D eigenvalue weighted by Crippen LogP contribution is 2.29. The van der Waals surface area contributed by atoms with Crippen molar-refractivity contribution in [1.29, 1.82) is 0 Å². The fraction of sp³-hybridized carbons (Fsp3) is 0.290. The zero-order valence-corrected chi connectivity index (χ0v) is 22.3. The Morgan fingerprint density at radius 3 is 2.66 bits per heavy atom. The second-order valence-electron chi connectivity index (χ2n) is 8.87. The van der Waals surface area contributed by atoms with E-state index in [4.69, 9.17) is 19.2 Å². The number of methoxy groups -OCH3 is 2. The van der Waals surface area contributed by atoms with Gasteiger partial charge in [0.1, 0.15) is 11.6 Å². The van der Waals surface area contributed by atoms with Crippen molar-refractivity contribution in [3.05, 3.63) is 89.8 Å². The fourth-order valence-electron chi connectivity index (χ4n) is 4.38. The standard InChI is InChI=1S/C31H35N3O4/c1-4-10-23-16-17-28(29(21-23)37-3)38-20-9-19-34-27-14-6-5-13-26(27)33-30(34)15-8-18-32-31(35)24-11-7-12-25(22-24)36-2/h4-7,10-14,16-17,21-22H,8-9,15,18-20H2,1-3H3,(H,32,35)/b10-4+. The van der Waals surface area contributed by atoms with E-state index in [9.17, 15) is 4.79 Å². The van der Waals surface area contributed by atoms with Crippen LogP contribution in [-0.4, -0.2) is 42.8 Å². The van der Waals surface area contributed by atoms with Gasteiger partial charge in [-0.05, 0) is 67.8 Å². The van der Waals surface area contributed by atoms with Crippen molar-refractivity contribution in [3.8, 4) is 17.2 Å². The maximum Gasteiger partial charge on any atom is 0.251 e. The Kier molecular flexibility index (Phi) is 9.40. The van der Waals surface area contributed by atoms with Crippen molar-refractivity contribution in [3.63, 3.8) is 0 Å². The van der Waals surface area contributed by atoms with Gasteiger partial charge in [-0.25, -0.2) is 4.98 Å². The predicted molar refractivity (Wildman–Crippen MR) is 151 cm³/mol. The molecule has 0 aliphatic rings. The Morgan fingerprint density at radius 2 is 1.84 bits per heavy atom. The van der Waals surface area contributed by atoms with Crippen LogP contribution in [0.2, 0.25) is 0 Å². The highest BCUT2D eigenvalue weighted by atomic mass is 16.5. The van der Waals surface area contributed by atoms with Gasteiger partial charge in [0.2, 0.25) is 0 Å². The lowest BCUT2D eigenvalue weighted by Crippen LogP contribution is -2.25. The van der Waals surface area contributed by atoms with Gasteiger partial charge in [0.25, 0.3) is 5.91 Å². The molecule has 0 aliphatic carbocycles. The van der Waals surface area contributed by atoms with E-state index >= 15 is 0 Å². The summed E-state index contributed by atoms with van der Waals surface area (Å²) < 4.78 is 19.0. The van der Waals surface area contributed by atoms with E-state index in [2.05, 4.69) is 16.0 Å². The number of hydrogen-bond acceptors (Lipinski definition) is 5. The molecule has 0 saturated carbocycles. The van der Waals surface area contributed by atoms with Gasteiger partial charge in [-0.2, -0.15) is 0 Å². The highest BCUT2D eigenvalue weighted by molar-refractivity contribution is 5.94.